The van der Waals surface area contributed by atoms with Crippen LogP contribution in [0, 0.1) is 5.92 Å². The van der Waals surface area contributed by atoms with Crippen molar-refractivity contribution in [1.29, 1.82) is 0 Å². The Morgan fingerprint density at radius 1 is 1.29 bits per heavy atom. The predicted octanol–water partition coefficient (Wildman–Crippen LogP) is 0.525. The fraction of sp³-hybridized carbons (Fsp3) is 0.500. The van der Waals surface area contributed by atoms with Gasteiger partial charge in [0.05, 0.1) is 5.54 Å². The van der Waals surface area contributed by atoms with E-state index in [0.717, 1.165) is 11.2 Å². The van der Waals surface area contributed by atoms with Crippen LogP contribution in [0.25, 0.3) is 0 Å². The number of nitrogens with zero attached hydrogens (tertiary/aromatic N) is 1. The fourth-order valence-electron chi connectivity index (χ4n) is 1.34. The zero-order valence-electron chi connectivity index (χ0n) is 8.48. The summed E-state index contributed by atoms with van der Waals surface area (Å²) in [6.07, 6.45) is 3.20. The zero-order chi connectivity index (χ0) is 10.9. The number of imide groups is 1. The van der Waals surface area contributed by atoms with E-state index in [-0.39, 0.29) is 17.7 Å². The molecule has 4 heteroatoms. The number of rotatable bonds is 3. The van der Waals surface area contributed by atoms with Crippen molar-refractivity contribution in [1.82, 2.24) is 4.90 Å². The lowest BCUT2D eigenvalue weighted by molar-refractivity contribution is -0.145. The molecule has 0 bridgehead atoms. The summed E-state index contributed by atoms with van der Waals surface area (Å²) in [5, 5.41) is 0. The summed E-state index contributed by atoms with van der Waals surface area (Å²) in [5.74, 6) is -1.09. The van der Waals surface area contributed by atoms with Crippen LogP contribution in [0.5, 0.6) is 0 Å². The number of aldehydes is 1. The number of carbonyl (C=O) groups is 3. The monoisotopic (exact) mass is 195 g/mol. The molecule has 0 radical (unpaired) electrons. The summed E-state index contributed by atoms with van der Waals surface area (Å²) >= 11 is 0. The number of carbonyl (C=O) groups excluding carboxylic acids is 3. The summed E-state index contributed by atoms with van der Waals surface area (Å²) < 4.78 is 0. The number of amides is 2. The summed E-state index contributed by atoms with van der Waals surface area (Å²) in [6, 6.07) is 0. The summed E-state index contributed by atoms with van der Waals surface area (Å²) in [6.45, 7) is 5.09. The maximum Gasteiger partial charge on any atom is 0.254 e. The lowest BCUT2D eigenvalue weighted by atomic mass is 9.88. The minimum atomic E-state index is -0.764. The van der Waals surface area contributed by atoms with Crippen LogP contribution in [-0.4, -0.2) is 28.5 Å². The van der Waals surface area contributed by atoms with Crippen molar-refractivity contribution >= 4 is 18.1 Å². The van der Waals surface area contributed by atoms with Crippen LogP contribution in [0.1, 0.15) is 20.8 Å². The zero-order valence-corrected chi connectivity index (χ0v) is 8.48. The smallest absolute Gasteiger partial charge is 0.254 e. The highest BCUT2D eigenvalue weighted by Gasteiger charge is 2.40. The van der Waals surface area contributed by atoms with E-state index in [4.69, 9.17) is 0 Å². The van der Waals surface area contributed by atoms with Crippen LogP contribution < -0.4 is 0 Å². The van der Waals surface area contributed by atoms with Crippen LogP contribution >= 0.6 is 0 Å². The Kier molecular flexibility index (Phi) is 2.55. The van der Waals surface area contributed by atoms with Crippen LogP contribution in [0.4, 0.5) is 0 Å². The van der Waals surface area contributed by atoms with E-state index in [1.807, 2.05) is 0 Å². The quantitative estimate of drug-likeness (QED) is 0.487. The third kappa shape index (κ3) is 1.47. The van der Waals surface area contributed by atoms with Crippen LogP contribution in [0.15, 0.2) is 12.2 Å². The Hall–Kier alpha value is -1.45. The molecule has 0 aliphatic carbocycles. The molecule has 2 amide bonds. The van der Waals surface area contributed by atoms with Crippen molar-refractivity contribution in [3.63, 3.8) is 0 Å². The molecule has 0 aromatic carbocycles. The van der Waals surface area contributed by atoms with Gasteiger partial charge in [-0.05, 0) is 13.8 Å². The van der Waals surface area contributed by atoms with Gasteiger partial charge < -0.3 is 4.79 Å². The Bertz CT molecular complexity index is 299. The average Bonchev–Trinajstić information content (AvgIpc) is 2.44. The van der Waals surface area contributed by atoms with Crippen LogP contribution in [0.2, 0.25) is 0 Å². The molecule has 0 fully saturated rings. The van der Waals surface area contributed by atoms with Gasteiger partial charge in [0.1, 0.15) is 6.29 Å². The minimum Gasteiger partial charge on any atom is -0.303 e. The van der Waals surface area contributed by atoms with Crippen molar-refractivity contribution in [2.24, 2.45) is 5.92 Å². The van der Waals surface area contributed by atoms with E-state index < -0.39 is 5.54 Å². The Morgan fingerprint density at radius 2 is 1.71 bits per heavy atom. The standard InChI is InChI=1S/C10H13NO3/c1-7(6-12)10(2,3)11-8(13)4-5-9(11)14/h4-7H,1-3H3. The van der Waals surface area contributed by atoms with Gasteiger partial charge in [0.15, 0.2) is 0 Å². The third-order valence-electron chi connectivity index (χ3n) is 2.70. The van der Waals surface area contributed by atoms with E-state index in [2.05, 4.69) is 0 Å². The highest BCUT2D eigenvalue weighted by molar-refractivity contribution is 6.13. The Balaban J connectivity index is 2.98. The first-order valence-electron chi connectivity index (χ1n) is 4.42. The predicted molar refractivity (Wildman–Crippen MR) is 50.3 cm³/mol. The van der Waals surface area contributed by atoms with E-state index in [1.54, 1.807) is 20.8 Å². The van der Waals surface area contributed by atoms with Gasteiger partial charge in [0.2, 0.25) is 0 Å². The normalized spacial score (nSPS) is 18.9. The summed E-state index contributed by atoms with van der Waals surface area (Å²) in [7, 11) is 0. The van der Waals surface area contributed by atoms with E-state index in [0.29, 0.717) is 0 Å². The largest absolute Gasteiger partial charge is 0.303 e. The van der Waals surface area contributed by atoms with E-state index in [9.17, 15) is 14.4 Å². The molecule has 4 nitrogen and oxygen atoms in total. The van der Waals surface area contributed by atoms with Crippen molar-refractivity contribution in [2.75, 3.05) is 0 Å². The summed E-state index contributed by atoms with van der Waals surface area (Å²) in [5.41, 5.74) is -0.764. The van der Waals surface area contributed by atoms with Crippen LogP contribution in [-0.2, 0) is 14.4 Å². The average molecular weight is 195 g/mol. The first-order valence-corrected chi connectivity index (χ1v) is 4.42. The molecule has 1 aliphatic rings. The molecular formula is C10H13NO3. The molecule has 1 heterocycles. The SMILES string of the molecule is CC(C=O)C(C)(C)N1C(=O)C=CC1=O. The highest BCUT2D eigenvalue weighted by Crippen LogP contribution is 2.26. The maximum absolute atomic E-state index is 11.4. The second-order valence-corrected chi connectivity index (χ2v) is 3.92. The first-order chi connectivity index (χ1) is 6.41. The number of hydrogen-bond donors (Lipinski definition) is 0. The fourth-order valence-corrected chi connectivity index (χ4v) is 1.34. The molecule has 76 valence electrons. The molecule has 0 saturated carbocycles. The van der Waals surface area contributed by atoms with Crippen molar-refractivity contribution < 1.29 is 14.4 Å². The van der Waals surface area contributed by atoms with Crippen molar-refractivity contribution in [3.05, 3.63) is 12.2 Å². The molecule has 1 aliphatic heterocycles. The lowest BCUT2D eigenvalue weighted by Gasteiger charge is -2.36. The highest BCUT2D eigenvalue weighted by atomic mass is 16.2. The van der Waals surface area contributed by atoms with Gasteiger partial charge in [0.25, 0.3) is 11.8 Å². The molecular weight excluding hydrogens is 182 g/mol. The molecule has 0 N–H and O–H groups in total. The minimum absolute atomic E-state index is 0.353. The second-order valence-electron chi connectivity index (χ2n) is 3.92. The van der Waals surface area contributed by atoms with Gasteiger partial charge in [-0.15, -0.1) is 0 Å². The molecule has 1 atom stereocenters. The van der Waals surface area contributed by atoms with Gasteiger partial charge in [-0.3, -0.25) is 14.5 Å². The molecule has 0 saturated heterocycles. The first kappa shape index (κ1) is 10.6. The van der Waals surface area contributed by atoms with Crippen molar-refractivity contribution in [2.45, 2.75) is 26.3 Å². The maximum atomic E-state index is 11.4. The Labute approximate surface area is 82.6 Å². The molecule has 0 aromatic rings. The third-order valence-corrected chi connectivity index (χ3v) is 2.70. The molecule has 1 unspecified atom stereocenters. The van der Waals surface area contributed by atoms with Crippen molar-refractivity contribution in [3.8, 4) is 0 Å². The molecule has 0 spiro atoms. The van der Waals surface area contributed by atoms with Crippen LogP contribution in [0.3, 0.4) is 0 Å². The second kappa shape index (κ2) is 3.36. The molecule has 1 rings (SSSR count). The molecule has 14 heavy (non-hydrogen) atoms. The van der Waals surface area contributed by atoms with Gasteiger partial charge >= 0.3 is 0 Å². The van der Waals surface area contributed by atoms with Gasteiger partial charge in [-0.1, -0.05) is 6.92 Å². The molecule has 0 aromatic heterocycles. The van der Waals surface area contributed by atoms with Gasteiger partial charge in [0, 0.05) is 18.1 Å². The summed E-state index contributed by atoms with van der Waals surface area (Å²) in [4.78, 5) is 34.5. The van der Waals surface area contributed by atoms with E-state index in [1.165, 1.54) is 12.2 Å². The lowest BCUT2D eigenvalue weighted by Crippen LogP contribution is -2.52. The Morgan fingerprint density at radius 3 is 2.07 bits per heavy atom. The number of hydrogen-bond acceptors (Lipinski definition) is 3. The van der Waals surface area contributed by atoms with E-state index >= 15 is 0 Å². The topological polar surface area (TPSA) is 54.5 Å². The van der Waals surface area contributed by atoms with Gasteiger partial charge in [-0.2, -0.15) is 0 Å². The van der Waals surface area contributed by atoms with Gasteiger partial charge in [-0.25, -0.2) is 0 Å².